The zero-order chi connectivity index (χ0) is 6.97. The molecule has 0 aromatic carbocycles. The standard InChI is InChI=1S/C6H5N3S/c1-4-2-7-5-3-8-10-6(5)9-4/h2-3H,1H3. The van der Waals surface area contributed by atoms with Gasteiger partial charge in [-0.05, 0) is 18.5 Å². The highest BCUT2D eigenvalue weighted by atomic mass is 32.1. The number of hydrogen-bond donors (Lipinski definition) is 0. The highest BCUT2D eigenvalue weighted by Crippen LogP contribution is 2.11. The molecule has 0 atom stereocenters. The van der Waals surface area contributed by atoms with Crippen molar-refractivity contribution in [2.24, 2.45) is 0 Å². The third-order valence-electron chi connectivity index (χ3n) is 1.20. The molecule has 0 saturated carbocycles. The maximum absolute atomic E-state index is 4.23. The maximum Gasteiger partial charge on any atom is 0.162 e. The van der Waals surface area contributed by atoms with Crippen LogP contribution in [0.1, 0.15) is 5.69 Å². The molecule has 0 fully saturated rings. The van der Waals surface area contributed by atoms with Gasteiger partial charge in [0, 0.05) is 6.20 Å². The van der Waals surface area contributed by atoms with Crippen LogP contribution in [0.3, 0.4) is 0 Å². The van der Waals surface area contributed by atoms with Crippen molar-refractivity contribution in [3.05, 3.63) is 18.1 Å². The summed E-state index contributed by atoms with van der Waals surface area (Å²) in [5, 5.41) is 0. The lowest BCUT2D eigenvalue weighted by Gasteiger charge is -1.87. The summed E-state index contributed by atoms with van der Waals surface area (Å²) in [7, 11) is 0. The molecule has 0 radical (unpaired) electrons. The van der Waals surface area contributed by atoms with E-state index in [1.54, 1.807) is 12.4 Å². The molecule has 3 nitrogen and oxygen atoms in total. The van der Waals surface area contributed by atoms with E-state index in [0.717, 1.165) is 16.0 Å². The fraction of sp³-hybridized carbons (Fsp3) is 0.167. The minimum absolute atomic E-state index is 0.885. The first kappa shape index (κ1) is 5.73. The van der Waals surface area contributed by atoms with Crippen LogP contribution in [0.2, 0.25) is 0 Å². The molecule has 0 bridgehead atoms. The maximum atomic E-state index is 4.23. The number of aryl methyl sites for hydroxylation is 1. The highest BCUT2D eigenvalue weighted by Gasteiger charge is 1.96. The van der Waals surface area contributed by atoms with Crippen molar-refractivity contribution in [1.82, 2.24) is 14.3 Å². The van der Waals surface area contributed by atoms with Gasteiger partial charge >= 0.3 is 0 Å². The lowest BCUT2D eigenvalue weighted by atomic mass is 10.5. The fourth-order valence-electron chi connectivity index (χ4n) is 0.746. The third-order valence-corrected chi connectivity index (χ3v) is 1.89. The summed E-state index contributed by atoms with van der Waals surface area (Å²) in [5.74, 6) is 0. The average molecular weight is 151 g/mol. The van der Waals surface area contributed by atoms with E-state index < -0.39 is 0 Å². The molecule has 2 aromatic rings. The Morgan fingerprint density at radius 3 is 3.20 bits per heavy atom. The van der Waals surface area contributed by atoms with Crippen molar-refractivity contribution in [2.45, 2.75) is 6.92 Å². The molecule has 0 amide bonds. The monoisotopic (exact) mass is 151 g/mol. The molecule has 10 heavy (non-hydrogen) atoms. The van der Waals surface area contributed by atoms with Gasteiger partial charge in [0.05, 0.1) is 11.9 Å². The van der Waals surface area contributed by atoms with Crippen molar-refractivity contribution in [3.63, 3.8) is 0 Å². The van der Waals surface area contributed by atoms with Gasteiger partial charge < -0.3 is 0 Å². The van der Waals surface area contributed by atoms with Crippen LogP contribution in [-0.4, -0.2) is 14.3 Å². The van der Waals surface area contributed by atoms with Crippen molar-refractivity contribution in [3.8, 4) is 0 Å². The van der Waals surface area contributed by atoms with Gasteiger partial charge in [0.15, 0.2) is 4.83 Å². The number of rotatable bonds is 0. The van der Waals surface area contributed by atoms with Gasteiger partial charge in [-0.1, -0.05) is 0 Å². The van der Waals surface area contributed by atoms with E-state index in [9.17, 15) is 0 Å². The first-order valence-electron chi connectivity index (χ1n) is 2.90. The minimum Gasteiger partial charge on any atom is -0.250 e. The van der Waals surface area contributed by atoms with Crippen LogP contribution >= 0.6 is 11.5 Å². The summed E-state index contributed by atoms with van der Waals surface area (Å²) < 4.78 is 3.96. The van der Waals surface area contributed by atoms with Crippen molar-refractivity contribution < 1.29 is 0 Å². The van der Waals surface area contributed by atoms with Crippen LogP contribution in [0.25, 0.3) is 10.3 Å². The molecule has 2 aromatic heterocycles. The Hall–Kier alpha value is -1.03. The predicted molar refractivity (Wildman–Crippen MR) is 39.9 cm³/mol. The molecule has 2 rings (SSSR count). The van der Waals surface area contributed by atoms with Gasteiger partial charge in [-0.25, -0.2) is 4.98 Å². The van der Waals surface area contributed by atoms with Crippen LogP contribution in [0.5, 0.6) is 0 Å². The van der Waals surface area contributed by atoms with Gasteiger partial charge in [-0.3, -0.25) is 4.98 Å². The molecule has 50 valence electrons. The summed E-state index contributed by atoms with van der Waals surface area (Å²) in [6.07, 6.45) is 3.48. The summed E-state index contributed by atoms with van der Waals surface area (Å²) in [6.45, 7) is 1.92. The molecule has 0 aliphatic heterocycles. The van der Waals surface area contributed by atoms with Gasteiger partial charge in [0.1, 0.15) is 5.52 Å². The highest BCUT2D eigenvalue weighted by molar-refractivity contribution is 7.12. The Bertz CT molecular complexity index is 355. The lowest BCUT2D eigenvalue weighted by Crippen LogP contribution is -1.80. The number of aromatic nitrogens is 3. The molecule has 2 heterocycles. The van der Waals surface area contributed by atoms with E-state index in [4.69, 9.17) is 0 Å². The van der Waals surface area contributed by atoms with Gasteiger partial charge in [-0.2, -0.15) is 4.37 Å². The Morgan fingerprint density at radius 2 is 2.30 bits per heavy atom. The summed E-state index contributed by atoms with van der Waals surface area (Å²) >= 11 is 1.38. The van der Waals surface area contributed by atoms with Crippen LogP contribution in [-0.2, 0) is 0 Å². The molecule has 0 N–H and O–H groups in total. The Kier molecular flexibility index (Phi) is 1.14. The van der Waals surface area contributed by atoms with E-state index >= 15 is 0 Å². The molecular formula is C6H5N3S. The molecule has 0 unspecified atom stereocenters. The number of hydrogen-bond acceptors (Lipinski definition) is 4. The van der Waals surface area contributed by atoms with Crippen molar-refractivity contribution >= 4 is 21.9 Å². The van der Waals surface area contributed by atoms with E-state index in [0.29, 0.717) is 0 Å². The van der Waals surface area contributed by atoms with Crippen LogP contribution in [0, 0.1) is 6.92 Å². The summed E-state index contributed by atoms with van der Waals surface area (Å²) in [6, 6.07) is 0. The Morgan fingerprint density at radius 1 is 1.40 bits per heavy atom. The first-order chi connectivity index (χ1) is 4.86. The van der Waals surface area contributed by atoms with Gasteiger partial charge in [-0.15, -0.1) is 0 Å². The molecule has 0 aliphatic carbocycles. The molecule has 0 spiro atoms. The van der Waals surface area contributed by atoms with Gasteiger partial charge in [0.25, 0.3) is 0 Å². The largest absolute Gasteiger partial charge is 0.250 e. The van der Waals surface area contributed by atoms with Crippen LogP contribution in [0.4, 0.5) is 0 Å². The van der Waals surface area contributed by atoms with Gasteiger partial charge in [0.2, 0.25) is 0 Å². The molecular weight excluding hydrogens is 146 g/mol. The SMILES string of the molecule is Cc1cnc2cnsc2n1. The zero-order valence-electron chi connectivity index (χ0n) is 5.40. The Balaban J connectivity index is 2.86. The van der Waals surface area contributed by atoms with Crippen molar-refractivity contribution in [2.75, 3.05) is 0 Å². The molecule has 0 saturated heterocycles. The predicted octanol–water partition coefficient (Wildman–Crippen LogP) is 1.39. The second-order valence-corrected chi connectivity index (χ2v) is 2.81. The number of nitrogens with zero attached hydrogens (tertiary/aromatic N) is 3. The second-order valence-electron chi connectivity index (χ2n) is 2.03. The first-order valence-corrected chi connectivity index (χ1v) is 3.67. The van der Waals surface area contributed by atoms with E-state index in [1.807, 2.05) is 6.92 Å². The summed E-state index contributed by atoms with van der Waals surface area (Å²) in [4.78, 5) is 9.27. The topological polar surface area (TPSA) is 38.7 Å². The fourth-order valence-corrected chi connectivity index (χ4v) is 1.38. The lowest BCUT2D eigenvalue weighted by molar-refractivity contribution is 1.20. The minimum atomic E-state index is 0.885. The number of fused-ring (bicyclic) bond motifs is 1. The quantitative estimate of drug-likeness (QED) is 0.571. The van der Waals surface area contributed by atoms with E-state index in [2.05, 4.69) is 14.3 Å². The zero-order valence-corrected chi connectivity index (χ0v) is 6.22. The second kappa shape index (κ2) is 1.98. The molecule has 0 aliphatic rings. The molecule has 4 heteroatoms. The summed E-state index contributed by atoms with van der Waals surface area (Å²) in [5.41, 5.74) is 1.83. The third kappa shape index (κ3) is 0.769. The van der Waals surface area contributed by atoms with Crippen LogP contribution < -0.4 is 0 Å². The van der Waals surface area contributed by atoms with Crippen molar-refractivity contribution in [1.29, 1.82) is 0 Å². The van der Waals surface area contributed by atoms with Crippen LogP contribution in [0.15, 0.2) is 12.4 Å². The Labute approximate surface area is 61.9 Å². The average Bonchev–Trinajstić information content (AvgIpc) is 2.33. The normalized spacial score (nSPS) is 10.5. The van der Waals surface area contributed by atoms with E-state index in [1.165, 1.54) is 11.5 Å². The van der Waals surface area contributed by atoms with E-state index in [-0.39, 0.29) is 0 Å². The smallest absolute Gasteiger partial charge is 0.162 e.